The van der Waals surface area contributed by atoms with Crippen LogP contribution < -0.4 is 10.6 Å². The second kappa shape index (κ2) is 9.40. The highest BCUT2D eigenvalue weighted by Crippen LogP contribution is 2.23. The number of aryl methyl sites for hydroxylation is 1. The topological polar surface area (TPSA) is 80.3 Å². The zero-order chi connectivity index (χ0) is 18.2. The fourth-order valence-electron chi connectivity index (χ4n) is 3.45. The monoisotopic (exact) mass is 358 g/mol. The van der Waals surface area contributed by atoms with Crippen molar-refractivity contribution in [2.75, 3.05) is 6.54 Å². The van der Waals surface area contributed by atoms with Crippen molar-refractivity contribution in [3.8, 4) is 0 Å². The van der Waals surface area contributed by atoms with Crippen molar-refractivity contribution in [3.63, 3.8) is 0 Å². The smallest absolute Gasteiger partial charge is 0.191 e. The van der Waals surface area contributed by atoms with E-state index in [-0.39, 0.29) is 0 Å². The van der Waals surface area contributed by atoms with Gasteiger partial charge in [0, 0.05) is 25.6 Å². The zero-order valence-electron chi connectivity index (χ0n) is 15.8. The summed E-state index contributed by atoms with van der Waals surface area (Å²) in [4.78, 5) is 4.72. The summed E-state index contributed by atoms with van der Waals surface area (Å²) in [5.74, 6) is 3.40. The zero-order valence-corrected chi connectivity index (χ0v) is 15.8. The molecule has 0 saturated heterocycles. The highest BCUT2D eigenvalue weighted by atomic mass is 16.3. The van der Waals surface area contributed by atoms with Crippen LogP contribution in [0.15, 0.2) is 34.1 Å². The van der Waals surface area contributed by atoms with E-state index in [9.17, 15) is 0 Å². The van der Waals surface area contributed by atoms with Gasteiger partial charge in [-0.1, -0.05) is 26.7 Å². The van der Waals surface area contributed by atoms with Crippen molar-refractivity contribution >= 4 is 5.96 Å². The minimum atomic E-state index is 0.479. The Labute approximate surface area is 155 Å². The van der Waals surface area contributed by atoms with Gasteiger partial charge in [0.25, 0.3) is 0 Å². The second-order valence-electron chi connectivity index (χ2n) is 6.98. The standard InChI is InChI=1S/C19H30N6O/c1-3-18-24-22-14-25(18)11-10-20-19(21-13-16-8-6-12-26-16)23-17-9-5-4-7-15(17)2/h6,8,12,14-15,17H,3-5,7,9-11,13H2,1-2H3,(H2,20,21,23). The maximum absolute atomic E-state index is 5.41. The average Bonchev–Trinajstić information content (AvgIpc) is 3.32. The first-order chi connectivity index (χ1) is 12.8. The molecule has 2 aromatic rings. The molecule has 7 heteroatoms. The third kappa shape index (κ3) is 5.09. The lowest BCUT2D eigenvalue weighted by Crippen LogP contribution is -2.47. The van der Waals surface area contributed by atoms with Gasteiger partial charge in [-0.15, -0.1) is 10.2 Å². The Bertz CT molecular complexity index is 678. The van der Waals surface area contributed by atoms with E-state index in [1.165, 1.54) is 25.7 Å². The number of rotatable bonds is 7. The molecule has 0 aliphatic heterocycles. The molecule has 0 amide bonds. The summed E-state index contributed by atoms with van der Waals surface area (Å²) in [6.45, 7) is 6.55. The van der Waals surface area contributed by atoms with Crippen molar-refractivity contribution in [2.45, 2.75) is 65.1 Å². The van der Waals surface area contributed by atoms with Gasteiger partial charge in [0.1, 0.15) is 24.5 Å². The molecule has 3 rings (SSSR count). The maximum Gasteiger partial charge on any atom is 0.191 e. The summed E-state index contributed by atoms with van der Waals surface area (Å²) in [7, 11) is 0. The number of hydrogen-bond donors (Lipinski definition) is 2. The summed E-state index contributed by atoms with van der Waals surface area (Å²) in [6, 6.07) is 4.33. The van der Waals surface area contributed by atoms with Crippen LogP contribution in [-0.2, 0) is 19.5 Å². The van der Waals surface area contributed by atoms with Crippen LogP contribution in [0.3, 0.4) is 0 Å². The minimum Gasteiger partial charge on any atom is -0.467 e. The molecule has 0 radical (unpaired) electrons. The molecular weight excluding hydrogens is 328 g/mol. The average molecular weight is 358 g/mol. The van der Waals surface area contributed by atoms with Crippen LogP contribution in [0.25, 0.3) is 0 Å². The molecule has 7 nitrogen and oxygen atoms in total. The van der Waals surface area contributed by atoms with Crippen LogP contribution in [-0.4, -0.2) is 33.3 Å². The first kappa shape index (κ1) is 18.5. The van der Waals surface area contributed by atoms with Gasteiger partial charge >= 0.3 is 0 Å². The van der Waals surface area contributed by atoms with E-state index in [0.717, 1.165) is 37.1 Å². The van der Waals surface area contributed by atoms with E-state index in [1.807, 2.05) is 12.1 Å². The molecule has 1 aliphatic rings. The molecule has 1 aliphatic carbocycles. The highest BCUT2D eigenvalue weighted by Gasteiger charge is 2.22. The minimum absolute atomic E-state index is 0.479. The van der Waals surface area contributed by atoms with Crippen LogP contribution in [0.1, 0.15) is 51.1 Å². The Morgan fingerprint density at radius 2 is 2.27 bits per heavy atom. The Balaban J connectivity index is 1.59. The van der Waals surface area contributed by atoms with Gasteiger partial charge in [-0.2, -0.15) is 0 Å². The number of nitrogens with zero attached hydrogens (tertiary/aromatic N) is 4. The summed E-state index contributed by atoms with van der Waals surface area (Å²) in [5.41, 5.74) is 0. The largest absolute Gasteiger partial charge is 0.467 e. The SMILES string of the molecule is CCc1nncn1CCNC(=NCc1ccco1)NC1CCCCC1C. The molecule has 2 aromatic heterocycles. The van der Waals surface area contributed by atoms with Crippen LogP contribution in [0, 0.1) is 5.92 Å². The second-order valence-corrected chi connectivity index (χ2v) is 6.98. The molecule has 2 N–H and O–H groups in total. The molecule has 0 aromatic carbocycles. The van der Waals surface area contributed by atoms with Gasteiger partial charge < -0.3 is 19.6 Å². The van der Waals surface area contributed by atoms with Gasteiger partial charge in [0.05, 0.1) is 6.26 Å². The molecule has 0 bridgehead atoms. The molecular formula is C19H30N6O. The number of nitrogens with one attached hydrogen (secondary N) is 2. The van der Waals surface area contributed by atoms with Crippen LogP contribution in [0.4, 0.5) is 0 Å². The van der Waals surface area contributed by atoms with Crippen molar-refractivity contribution in [1.82, 2.24) is 25.4 Å². The first-order valence-corrected chi connectivity index (χ1v) is 9.70. The van der Waals surface area contributed by atoms with E-state index in [0.29, 0.717) is 18.5 Å². The summed E-state index contributed by atoms with van der Waals surface area (Å²) in [5, 5.41) is 15.2. The van der Waals surface area contributed by atoms with Crippen LogP contribution >= 0.6 is 0 Å². The predicted octanol–water partition coefficient (Wildman–Crippen LogP) is 2.75. The van der Waals surface area contributed by atoms with Crippen molar-refractivity contribution in [2.24, 2.45) is 10.9 Å². The first-order valence-electron chi connectivity index (χ1n) is 9.70. The fraction of sp³-hybridized carbons (Fsp3) is 0.632. The molecule has 1 saturated carbocycles. The molecule has 2 unspecified atom stereocenters. The van der Waals surface area contributed by atoms with E-state index < -0.39 is 0 Å². The lowest BCUT2D eigenvalue weighted by atomic mass is 9.86. The third-order valence-corrected chi connectivity index (χ3v) is 5.06. The number of aliphatic imine (C=N–C) groups is 1. The molecule has 142 valence electrons. The van der Waals surface area contributed by atoms with Gasteiger partial charge in [0.2, 0.25) is 0 Å². The molecule has 2 heterocycles. The number of furan rings is 1. The van der Waals surface area contributed by atoms with Gasteiger partial charge in [-0.3, -0.25) is 0 Å². The lowest BCUT2D eigenvalue weighted by molar-refractivity contribution is 0.306. The number of hydrogen-bond acceptors (Lipinski definition) is 4. The lowest BCUT2D eigenvalue weighted by Gasteiger charge is -2.31. The van der Waals surface area contributed by atoms with Crippen LogP contribution in [0.5, 0.6) is 0 Å². The maximum atomic E-state index is 5.41. The number of guanidine groups is 1. The Hall–Kier alpha value is -2.31. The van der Waals surface area contributed by atoms with Gasteiger partial charge in [0.15, 0.2) is 5.96 Å². The quantitative estimate of drug-likeness (QED) is 0.588. The van der Waals surface area contributed by atoms with Gasteiger partial charge in [-0.05, 0) is 30.9 Å². The van der Waals surface area contributed by atoms with Crippen molar-refractivity contribution < 1.29 is 4.42 Å². The predicted molar refractivity (Wildman–Crippen MR) is 102 cm³/mol. The molecule has 26 heavy (non-hydrogen) atoms. The Morgan fingerprint density at radius 1 is 1.38 bits per heavy atom. The van der Waals surface area contributed by atoms with E-state index >= 15 is 0 Å². The van der Waals surface area contributed by atoms with Crippen molar-refractivity contribution in [1.29, 1.82) is 0 Å². The fourth-order valence-corrected chi connectivity index (χ4v) is 3.45. The summed E-state index contributed by atoms with van der Waals surface area (Å²) < 4.78 is 7.49. The third-order valence-electron chi connectivity index (χ3n) is 5.06. The summed E-state index contributed by atoms with van der Waals surface area (Å²) in [6.07, 6.45) is 9.46. The van der Waals surface area contributed by atoms with Crippen molar-refractivity contribution in [3.05, 3.63) is 36.3 Å². The van der Waals surface area contributed by atoms with Crippen LogP contribution in [0.2, 0.25) is 0 Å². The molecule has 2 atom stereocenters. The summed E-state index contributed by atoms with van der Waals surface area (Å²) >= 11 is 0. The number of aromatic nitrogens is 3. The normalized spacial score (nSPS) is 20.9. The van der Waals surface area contributed by atoms with E-state index in [1.54, 1.807) is 12.6 Å². The van der Waals surface area contributed by atoms with E-state index in [2.05, 4.69) is 39.2 Å². The van der Waals surface area contributed by atoms with E-state index in [4.69, 9.17) is 9.41 Å². The molecule has 0 spiro atoms. The molecule has 1 fully saturated rings. The Kier molecular flexibility index (Phi) is 6.68. The van der Waals surface area contributed by atoms with Gasteiger partial charge in [-0.25, -0.2) is 4.99 Å². The highest BCUT2D eigenvalue weighted by molar-refractivity contribution is 5.80. The Morgan fingerprint density at radius 3 is 3.04 bits per heavy atom.